The third-order valence-corrected chi connectivity index (χ3v) is 2.98. The molecule has 0 bridgehead atoms. The standard InChI is InChI=1S/C7H6BrClOS/c1-10-6-3-2-5(9)4-7(6)11-8/h2-4H,1H3. The summed E-state index contributed by atoms with van der Waals surface area (Å²) in [5.41, 5.74) is 0. The molecular weight excluding hydrogens is 248 g/mol. The average molecular weight is 254 g/mol. The lowest BCUT2D eigenvalue weighted by molar-refractivity contribution is 0.405. The molecule has 1 rings (SSSR count). The Kier molecular flexibility index (Phi) is 3.55. The van der Waals surface area contributed by atoms with E-state index in [9.17, 15) is 0 Å². The van der Waals surface area contributed by atoms with E-state index in [2.05, 4.69) is 14.8 Å². The van der Waals surface area contributed by atoms with Crippen LogP contribution in [0.3, 0.4) is 0 Å². The maximum Gasteiger partial charge on any atom is 0.133 e. The molecule has 11 heavy (non-hydrogen) atoms. The van der Waals surface area contributed by atoms with Gasteiger partial charge < -0.3 is 4.74 Å². The van der Waals surface area contributed by atoms with E-state index in [0.717, 1.165) is 10.6 Å². The lowest BCUT2D eigenvalue weighted by Gasteiger charge is -2.03. The minimum absolute atomic E-state index is 0.716. The predicted molar refractivity (Wildman–Crippen MR) is 52.8 cm³/mol. The summed E-state index contributed by atoms with van der Waals surface area (Å²) in [6.07, 6.45) is 0. The molecular formula is C7H6BrClOS. The van der Waals surface area contributed by atoms with E-state index in [1.807, 2.05) is 12.1 Å². The highest BCUT2D eigenvalue weighted by atomic mass is 79.9. The van der Waals surface area contributed by atoms with Crippen LogP contribution >= 0.6 is 36.6 Å². The predicted octanol–water partition coefficient (Wildman–Crippen LogP) is 3.75. The van der Waals surface area contributed by atoms with Gasteiger partial charge in [-0.25, -0.2) is 0 Å². The molecule has 0 aliphatic heterocycles. The molecule has 0 saturated carbocycles. The monoisotopic (exact) mass is 252 g/mol. The Labute approximate surface area is 82.3 Å². The Morgan fingerprint density at radius 3 is 2.82 bits per heavy atom. The zero-order chi connectivity index (χ0) is 8.27. The van der Waals surface area contributed by atoms with Crippen LogP contribution in [0.15, 0.2) is 23.1 Å². The van der Waals surface area contributed by atoms with Crippen LogP contribution in [0.5, 0.6) is 5.75 Å². The van der Waals surface area contributed by atoms with Gasteiger partial charge in [-0.1, -0.05) is 11.6 Å². The first kappa shape index (κ1) is 9.23. The summed E-state index contributed by atoms with van der Waals surface area (Å²) < 4.78 is 5.08. The molecule has 0 aliphatic rings. The smallest absolute Gasteiger partial charge is 0.133 e. The Morgan fingerprint density at radius 1 is 1.55 bits per heavy atom. The van der Waals surface area contributed by atoms with Gasteiger partial charge >= 0.3 is 0 Å². The van der Waals surface area contributed by atoms with Crippen molar-refractivity contribution in [3.8, 4) is 5.75 Å². The molecule has 0 spiro atoms. The van der Waals surface area contributed by atoms with Gasteiger partial charge in [0.2, 0.25) is 0 Å². The van der Waals surface area contributed by atoms with Crippen molar-refractivity contribution >= 4 is 36.6 Å². The summed E-state index contributed by atoms with van der Waals surface area (Å²) in [5.74, 6) is 0.830. The molecule has 0 unspecified atom stereocenters. The normalized spacial score (nSPS) is 9.73. The molecule has 0 atom stereocenters. The molecule has 1 aromatic carbocycles. The van der Waals surface area contributed by atoms with Crippen LogP contribution in [0.1, 0.15) is 0 Å². The summed E-state index contributed by atoms with van der Waals surface area (Å²) in [5, 5.41) is 0.716. The highest BCUT2D eigenvalue weighted by Crippen LogP contribution is 2.35. The molecule has 1 aromatic rings. The van der Waals surface area contributed by atoms with Gasteiger partial charge in [-0.05, 0) is 43.2 Å². The maximum absolute atomic E-state index is 5.76. The Hall–Kier alpha value is 0.140. The van der Waals surface area contributed by atoms with E-state index < -0.39 is 0 Å². The molecule has 0 N–H and O–H groups in total. The molecule has 0 heterocycles. The fourth-order valence-corrected chi connectivity index (χ4v) is 2.11. The third-order valence-electron chi connectivity index (χ3n) is 1.21. The highest BCUT2D eigenvalue weighted by Gasteiger charge is 2.01. The second kappa shape index (κ2) is 4.24. The maximum atomic E-state index is 5.76. The van der Waals surface area contributed by atoms with E-state index in [1.165, 1.54) is 10.2 Å². The summed E-state index contributed by atoms with van der Waals surface area (Å²) in [4.78, 5) is 0.986. The molecule has 4 heteroatoms. The minimum Gasteiger partial charge on any atom is -0.496 e. The van der Waals surface area contributed by atoms with Crippen LogP contribution < -0.4 is 4.74 Å². The van der Waals surface area contributed by atoms with E-state index >= 15 is 0 Å². The first-order valence-corrected chi connectivity index (χ1v) is 5.94. The number of ether oxygens (including phenoxy) is 1. The van der Waals surface area contributed by atoms with Crippen LogP contribution in [0, 0.1) is 0 Å². The second-order valence-electron chi connectivity index (χ2n) is 1.87. The summed E-state index contributed by atoms with van der Waals surface area (Å²) in [6, 6.07) is 5.48. The zero-order valence-electron chi connectivity index (χ0n) is 5.80. The van der Waals surface area contributed by atoms with Crippen LogP contribution in [-0.4, -0.2) is 7.11 Å². The Bertz CT molecular complexity index is 254. The van der Waals surface area contributed by atoms with E-state index in [0.29, 0.717) is 5.02 Å². The molecule has 0 radical (unpaired) electrons. The molecule has 0 amide bonds. The molecule has 0 fully saturated rings. The van der Waals surface area contributed by atoms with Gasteiger partial charge in [0.05, 0.1) is 12.0 Å². The van der Waals surface area contributed by atoms with Gasteiger partial charge in [0, 0.05) is 5.02 Å². The average Bonchev–Trinajstić information content (AvgIpc) is 2.04. The van der Waals surface area contributed by atoms with Crippen molar-refractivity contribution in [2.75, 3.05) is 7.11 Å². The largest absolute Gasteiger partial charge is 0.496 e. The van der Waals surface area contributed by atoms with Crippen molar-refractivity contribution < 1.29 is 4.74 Å². The fraction of sp³-hybridized carbons (Fsp3) is 0.143. The van der Waals surface area contributed by atoms with Gasteiger partial charge in [0.15, 0.2) is 0 Å². The number of rotatable bonds is 2. The highest BCUT2D eigenvalue weighted by molar-refractivity contribution is 9.50. The second-order valence-corrected chi connectivity index (χ2v) is 3.87. The molecule has 0 aliphatic carbocycles. The zero-order valence-corrected chi connectivity index (χ0v) is 8.96. The van der Waals surface area contributed by atoms with Crippen molar-refractivity contribution in [1.82, 2.24) is 0 Å². The van der Waals surface area contributed by atoms with Crippen LogP contribution in [0.25, 0.3) is 0 Å². The van der Waals surface area contributed by atoms with Crippen molar-refractivity contribution in [2.24, 2.45) is 0 Å². The van der Waals surface area contributed by atoms with Gasteiger partial charge in [-0.2, -0.15) is 0 Å². The third kappa shape index (κ3) is 2.29. The quantitative estimate of drug-likeness (QED) is 0.794. The number of benzene rings is 1. The van der Waals surface area contributed by atoms with Crippen molar-refractivity contribution in [3.63, 3.8) is 0 Å². The summed E-state index contributed by atoms with van der Waals surface area (Å²) in [6.45, 7) is 0. The SMILES string of the molecule is COc1ccc(Cl)cc1SBr. The summed E-state index contributed by atoms with van der Waals surface area (Å²) in [7, 11) is 3.07. The number of hydrogen-bond donors (Lipinski definition) is 0. The molecule has 0 saturated heterocycles. The molecule has 1 nitrogen and oxygen atoms in total. The lowest BCUT2D eigenvalue weighted by atomic mass is 10.3. The Balaban J connectivity index is 3.06. The topological polar surface area (TPSA) is 9.23 Å². The molecule has 0 aromatic heterocycles. The van der Waals surface area contributed by atoms with Gasteiger partial charge in [0.1, 0.15) is 5.75 Å². The number of methoxy groups -OCH3 is 1. The molecule has 60 valence electrons. The van der Waals surface area contributed by atoms with Crippen LogP contribution in [-0.2, 0) is 0 Å². The fourth-order valence-electron chi connectivity index (χ4n) is 0.711. The Morgan fingerprint density at radius 2 is 2.27 bits per heavy atom. The van der Waals surface area contributed by atoms with Crippen LogP contribution in [0.4, 0.5) is 0 Å². The first-order valence-electron chi connectivity index (χ1n) is 2.90. The van der Waals surface area contributed by atoms with Crippen molar-refractivity contribution in [3.05, 3.63) is 23.2 Å². The number of hydrogen-bond acceptors (Lipinski definition) is 2. The number of halogens is 2. The summed E-state index contributed by atoms with van der Waals surface area (Å²) >= 11 is 9.02. The van der Waals surface area contributed by atoms with Crippen LogP contribution in [0.2, 0.25) is 5.02 Å². The van der Waals surface area contributed by atoms with Crippen molar-refractivity contribution in [2.45, 2.75) is 4.90 Å². The van der Waals surface area contributed by atoms with Gasteiger partial charge in [-0.3, -0.25) is 0 Å². The minimum atomic E-state index is 0.716. The van der Waals surface area contributed by atoms with E-state index in [1.54, 1.807) is 13.2 Å². The first-order chi connectivity index (χ1) is 5.27. The van der Waals surface area contributed by atoms with Gasteiger partial charge in [-0.15, -0.1) is 0 Å². The lowest BCUT2D eigenvalue weighted by Crippen LogP contribution is -1.83. The van der Waals surface area contributed by atoms with E-state index in [-0.39, 0.29) is 0 Å². The van der Waals surface area contributed by atoms with E-state index in [4.69, 9.17) is 16.3 Å². The van der Waals surface area contributed by atoms with Gasteiger partial charge in [0.25, 0.3) is 0 Å². The van der Waals surface area contributed by atoms with Crippen molar-refractivity contribution in [1.29, 1.82) is 0 Å².